The van der Waals surface area contributed by atoms with Gasteiger partial charge in [0.05, 0.1) is 11.2 Å². The first-order valence-corrected chi connectivity index (χ1v) is 10.6. The molecule has 2 amide bonds. The molecule has 2 heterocycles. The highest BCUT2D eigenvalue weighted by Gasteiger charge is 2.30. The lowest BCUT2D eigenvalue weighted by Gasteiger charge is -2.32. The number of carbonyl (C=O) groups excluding carboxylic acids is 2. The summed E-state index contributed by atoms with van der Waals surface area (Å²) in [6, 6.07) is 10.1. The van der Waals surface area contributed by atoms with Crippen molar-refractivity contribution < 1.29 is 9.59 Å². The molecule has 7 nitrogen and oxygen atoms in total. The van der Waals surface area contributed by atoms with Gasteiger partial charge in [-0.3, -0.25) is 9.59 Å². The van der Waals surface area contributed by atoms with Crippen LogP contribution in [0, 0.1) is 5.92 Å². The van der Waals surface area contributed by atoms with Crippen molar-refractivity contribution in [2.45, 2.75) is 50.1 Å². The summed E-state index contributed by atoms with van der Waals surface area (Å²) >= 11 is 1.42. The highest BCUT2D eigenvalue weighted by Crippen LogP contribution is 2.26. The van der Waals surface area contributed by atoms with Crippen LogP contribution in [0.1, 0.15) is 38.1 Å². The predicted molar refractivity (Wildman–Crippen MR) is 109 cm³/mol. The number of nitrogens with two attached hydrogens (primary N) is 1. The fourth-order valence-corrected chi connectivity index (χ4v) is 4.52. The van der Waals surface area contributed by atoms with Crippen LogP contribution in [-0.4, -0.2) is 49.8 Å². The molecule has 150 valence electrons. The quantitative estimate of drug-likeness (QED) is 0.717. The Morgan fingerprint density at radius 3 is 2.71 bits per heavy atom. The number of likely N-dealkylation sites (tertiary alicyclic amines) is 1. The Morgan fingerprint density at radius 2 is 2.04 bits per heavy atom. The van der Waals surface area contributed by atoms with Crippen LogP contribution in [0.25, 0.3) is 0 Å². The van der Waals surface area contributed by atoms with Crippen molar-refractivity contribution in [2.24, 2.45) is 11.7 Å². The van der Waals surface area contributed by atoms with Crippen LogP contribution in [0.15, 0.2) is 35.5 Å². The fourth-order valence-electron chi connectivity index (χ4n) is 3.51. The van der Waals surface area contributed by atoms with Crippen molar-refractivity contribution in [1.29, 1.82) is 0 Å². The number of hydrogen-bond acceptors (Lipinski definition) is 5. The maximum Gasteiger partial charge on any atom is 0.235 e. The first-order chi connectivity index (χ1) is 13.5. The van der Waals surface area contributed by atoms with E-state index >= 15 is 0 Å². The third-order valence-electron chi connectivity index (χ3n) is 5.08. The lowest BCUT2D eigenvalue weighted by molar-refractivity contribution is -0.134. The van der Waals surface area contributed by atoms with E-state index in [4.69, 9.17) is 5.73 Å². The molecule has 1 aromatic carbocycles. The van der Waals surface area contributed by atoms with E-state index in [1.54, 1.807) is 4.90 Å². The molecular weight excluding hydrogens is 374 g/mol. The zero-order valence-electron chi connectivity index (χ0n) is 16.4. The molecule has 0 radical (unpaired) electrons. The lowest BCUT2D eigenvalue weighted by Crippen LogP contribution is -2.46. The molecule has 28 heavy (non-hydrogen) atoms. The first kappa shape index (κ1) is 20.4. The molecule has 2 N–H and O–H groups in total. The van der Waals surface area contributed by atoms with E-state index in [9.17, 15) is 9.59 Å². The van der Waals surface area contributed by atoms with Gasteiger partial charge in [-0.15, -0.1) is 10.2 Å². The highest BCUT2D eigenvalue weighted by molar-refractivity contribution is 8.00. The number of primary amides is 1. The van der Waals surface area contributed by atoms with Crippen LogP contribution in [0.4, 0.5) is 0 Å². The van der Waals surface area contributed by atoms with E-state index in [0.717, 1.165) is 30.4 Å². The minimum atomic E-state index is -0.325. The second-order valence-corrected chi connectivity index (χ2v) is 8.40. The Balaban J connectivity index is 1.67. The number of aromatic nitrogens is 3. The summed E-state index contributed by atoms with van der Waals surface area (Å²) in [6.45, 7) is 5.76. The predicted octanol–water partition coefficient (Wildman–Crippen LogP) is 2.09. The van der Waals surface area contributed by atoms with E-state index in [2.05, 4.69) is 33.8 Å². The topological polar surface area (TPSA) is 94.1 Å². The van der Waals surface area contributed by atoms with E-state index in [0.29, 0.717) is 19.5 Å². The normalized spacial score (nSPS) is 18.1. The molecule has 0 aliphatic carbocycles. The molecule has 1 aliphatic rings. The minimum absolute atomic E-state index is 0.0196. The summed E-state index contributed by atoms with van der Waals surface area (Å²) in [6.07, 6.45) is 2.27. The van der Waals surface area contributed by atoms with Crippen LogP contribution in [-0.2, 0) is 22.6 Å². The number of carbonyl (C=O) groups is 2. The van der Waals surface area contributed by atoms with Crippen molar-refractivity contribution in [3.63, 3.8) is 0 Å². The number of piperidine rings is 1. The van der Waals surface area contributed by atoms with Crippen molar-refractivity contribution in [3.8, 4) is 0 Å². The molecule has 2 atom stereocenters. The van der Waals surface area contributed by atoms with Gasteiger partial charge in [-0.05, 0) is 32.3 Å². The summed E-state index contributed by atoms with van der Waals surface area (Å²) in [4.78, 5) is 26.1. The third kappa shape index (κ3) is 4.73. The number of benzene rings is 1. The number of rotatable bonds is 7. The fraction of sp³-hybridized carbons (Fsp3) is 0.500. The van der Waals surface area contributed by atoms with Crippen LogP contribution in [0.2, 0.25) is 0 Å². The molecular formula is C20H27N5O2S. The number of thioether (sulfide) groups is 1. The molecule has 2 unspecified atom stereocenters. The van der Waals surface area contributed by atoms with Crippen LogP contribution >= 0.6 is 11.8 Å². The third-order valence-corrected chi connectivity index (χ3v) is 6.15. The van der Waals surface area contributed by atoms with E-state index in [-0.39, 0.29) is 23.0 Å². The summed E-state index contributed by atoms with van der Waals surface area (Å²) in [5.74, 6) is 0.342. The Morgan fingerprint density at radius 1 is 1.29 bits per heavy atom. The monoisotopic (exact) mass is 401 g/mol. The number of amides is 2. The number of nitrogens with zero attached hydrogens (tertiary/aromatic N) is 4. The van der Waals surface area contributed by atoms with Gasteiger partial charge in [-0.1, -0.05) is 42.1 Å². The first-order valence-electron chi connectivity index (χ1n) is 9.70. The standard InChI is InChI=1S/C20H27N5O2S/c1-3-25-17(12-15-8-5-4-6-9-15)22-23-20(25)28-14(2)19(27)24-11-7-10-16(13-24)18(21)26/h4-6,8-9,14,16H,3,7,10-13H2,1-2H3,(H2,21,26). The average molecular weight is 402 g/mol. The summed E-state index contributed by atoms with van der Waals surface area (Å²) < 4.78 is 2.06. The van der Waals surface area contributed by atoms with Crippen LogP contribution in [0.5, 0.6) is 0 Å². The van der Waals surface area contributed by atoms with Gasteiger partial charge in [-0.2, -0.15) is 0 Å². The lowest BCUT2D eigenvalue weighted by atomic mass is 9.97. The van der Waals surface area contributed by atoms with Gasteiger partial charge in [0.25, 0.3) is 0 Å². The van der Waals surface area contributed by atoms with E-state index in [1.807, 2.05) is 25.1 Å². The van der Waals surface area contributed by atoms with Gasteiger partial charge in [0.2, 0.25) is 11.8 Å². The molecule has 1 saturated heterocycles. The zero-order valence-corrected chi connectivity index (χ0v) is 17.2. The largest absolute Gasteiger partial charge is 0.369 e. The summed E-state index contributed by atoms with van der Waals surface area (Å²) in [5.41, 5.74) is 6.61. The zero-order chi connectivity index (χ0) is 20.1. The minimum Gasteiger partial charge on any atom is -0.369 e. The van der Waals surface area contributed by atoms with Gasteiger partial charge in [0.15, 0.2) is 5.16 Å². The van der Waals surface area contributed by atoms with Gasteiger partial charge in [0, 0.05) is 26.1 Å². The summed E-state index contributed by atoms with van der Waals surface area (Å²) in [7, 11) is 0. The molecule has 1 aliphatic heterocycles. The van der Waals surface area contributed by atoms with Gasteiger partial charge in [-0.25, -0.2) is 0 Å². The Labute approximate surface area is 169 Å². The molecule has 0 bridgehead atoms. The van der Waals surface area contributed by atoms with E-state index in [1.165, 1.54) is 17.3 Å². The molecule has 1 aromatic heterocycles. The Bertz CT molecular complexity index is 823. The van der Waals surface area contributed by atoms with Crippen molar-refractivity contribution in [2.75, 3.05) is 13.1 Å². The Kier molecular flexibility index (Phi) is 6.72. The second-order valence-electron chi connectivity index (χ2n) is 7.09. The number of hydrogen-bond donors (Lipinski definition) is 1. The molecule has 1 fully saturated rings. The van der Waals surface area contributed by atoms with Crippen LogP contribution < -0.4 is 5.73 Å². The molecule has 2 aromatic rings. The second kappa shape index (κ2) is 9.23. The van der Waals surface area contributed by atoms with Gasteiger partial charge >= 0.3 is 0 Å². The van der Waals surface area contributed by atoms with E-state index < -0.39 is 0 Å². The molecule has 0 saturated carbocycles. The molecule has 0 spiro atoms. The maximum absolute atomic E-state index is 12.9. The smallest absolute Gasteiger partial charge is 0.235 e. The van der Waals surface area contributed by atoms with Crippen LogP contribution in [0.3, 0.4) is 0 Å². The Hall–Kier alpha value is -2.35. The van der Waals surface area contributed by atoms with Crippen molar-refractivity contribution >= 4 is 23.6 Å². The van der Waals surface area contributed by atoms with Crippen molar-refractivity contribution in [1.82, 2.24) is 19.7 Å². The SMILES string of the molecule is CCn1c(Cc2ccccc2)nnc1SC(C)C(=O)N1CCCC(C(N)=O)C1. The summed E-state index contributed by atoms with van der Waals surface area (Å²) in [5, 5.41) is 9.12. The van der Waals surface area contributed by atoms with Gasteiger partial charge < -0.3 is 15.2 Å². The maximum atomic E-state index is 12.9. The average Bonchev–Trinajstić information content (AvgIpc) is 3.09. The van der Waals surface area contributed by atoms with Crippen molar-refractivity contribution in [3.05, 3.63) is 41.7 Å². The molecule has 3 rings (SSSR count). The van der Waals surface area contributed by atoms with Gasteiger partial charge in [0.1, 0.15) is 5.82 Å². The highest BCUT2D eigenvalue weighted by atomic mass is 32.2. The molecule has 8 heteroatoms.